The van der Waals surface area contributed by atoms with Crippen molar-refractivity contribution < 1.29 is 9.84 Å². The lowest BCUT2D eigenvalue weighted by Crippen LogP contribution is -2.49. The molecule has 0 aromatic carbocycles. The number of aromatic nitrogens is 2. The Morgan fingerprint density at radius 1 is 1.39 bits per heavy atom. The van der Waals surface area contributed by atoms with Crippen LogP contribution in [0.4, 0.5) is 5.95 Å². The molecule has 98 valence electrons. The summed E-state index contributed by atoms with van der Waals surface area (Å²) in [6.07, 6.45) is 5.85. The van der Waals surface area contributed by atoms with Crippen LogP contribution in [0.15, 0.2) is 12.4 Å². The molecule has 3 atom stereocenters. The van der Waals surface area contributed by atoms with E-state index in [4.69, 9.17) is 4.74 Å². The second-order valence-electron chi connectivity index (χ2n) is 5.25. The fraction of sp³-hybridized carbons (Fsp3) is 0.692. The topological polar surface area (TPSA) is 58.5 Å². The Balaban J connectivity index is 1.81. The molecule has 1 aromatic heterocycles. The van der Waals surface area contributed by atoms with E-state index in [1.54, 1.807) is 0 Å². The van der Waals surface area contributed by atoms with E-state index in [1.165, 1.54) is 0 Å². The molecule has 18 heavy (non-hydrogen) atoms. The SMILES string of the molecule is Cc1cnc(N2CCO[C@H]3C[C@H](CO)C[C@@H]32)nc1. The van der Waals surface area contributed by atoms with Gasteiger partial charge in [0.2, 0.25) is 5.95 Å². The van der Waals surface area contributed by atoms with Gasteiger partial charge in [-0.2, -0.15) is 0 Å². The van der Waals surface area contributed by atoms with Crippen molar-refractivity contribution in [2.75, 3.05) is 24.7 Å². The first-order valence-corrected chi connectivity index (χ1v) is 6.55. The van der Waals surface area contributed by atoms with E-state index in [2.05, 4.69) is 14.9 Å². The van der Waals surface area contributed by atoms with Gasteiger partial charge in [0.1, 0.15) is 0 Å². The molecule has 0 spiro atoms. The van der Waals surface area contributed by atoms with E-state index in [9.17, 15) is 5.11 Å². The number of fused-ring (bicyclic) bond motifs is 1. The first-order valence-electron chi connectivity index (χ1n) is 6.55. The molecule has 2 fully saturated rings. The van der Waals surface area contributed by atoms with Crippen molar-refractivity contribution in [1.82, 2.24) is 9.97 Å². The lowest BCUT2D eigenvalue weighted by Gasteiger charge is -2.37. The van der Waals surface area contributed by atoms with Crippen LogP contribution in [0.3, 0.4) is 0 Å². The number of aliphatic hydroxyl groups excluding tert-OH is 1. The van der Waals surface area contributed by atoms with Crippen molar-refractivity contribution in [2.24, 2.45) is 5.92 Å². The summed E-state index contributed by atoms with van der Waals surface area (Å²) < 4.78 is 5.80. The molecule has 1 saturated carbocycles. The average Bonchev–Trinajstić information content (AvgIpc) is 2.82. The number of anilines is 1. The second-order valence-corrected chi connectivity index (χ2v) is 5.25. The molecule has 5 nitrogen and oxygen atoms in total. The van der Waals surface area contributed by atoms with Crippen molar-refractivity contribution >= 4 is 5.95 Å². The molecule has 2 aliphatic rings. The zero-order chi connectivity index (χ0) is 12.5. The van der Waals surface area contributed by atoms with Crippen LogP contribution in [0, 0.1) is 12.8 Å². The molecule has 1 aliphatic heterocycles. The zero-order valence-corrected chi connectivity index (χ0v) is 10.6. The van der Waals surface area contributed by atoms with Gasteiger partial charge in [-0.25, -0.2) is 9.97 Å². The van der Waals surface area contributed by atoms with Crippen molar-refractivity contribution in [3.8, 4) is 0 Å². The Hall–Kier alpha value is -1.20. The van der Waals surface area contributed by atoms with Crippen molar-refractivity contribution in [3.05, 3.63) is 18.0 Å². The van der Waals surface area contributed by atoms with Crippen LogP contribution in [0.5, 0.6) is 0 Å². The molecule has 3 rings (SSSR count). The van der Waals surface area contributed by atoms with E-state index in [0.29, 0.717) is 12.0 Å². The normalized spacial score (nSPS) is 31.4. The van der Waals surface area contributed by atoms with Gasteiger partial charge in [-0.1, -0.05) is 0 Å². The highest BCUT2D eigenvalue weighted by Crippen LogP contribution is 2.35. The third kappa shape index (κ3) is 2.08. The van der Waals surface area contributed by atoms with Gasteiger partial charge >= 0.3 is 0 Å². The Kier molecular flexibility index (Phi) is 3.18. The smallest absolute Gasteiger partial charge is 0.225 e. The fourth-order valence-electron chi connectivity index (χ4n) is 2.98. The van der Waals surface area contributed by atoms with Gasteiger partial charge in [0.15, 0.2) is 0 Å². The van der Waals surface area contributed by atoms with Crippen LogP contribution in [0.25, 0.3) is 0 Å². The van der Waals surface area contributed by atoms with E-state index < -0.39 is 0 Å². The predicted octanol–water partition coefficient (Wildman–Crippen LogP) is 0.761. The number of aliphatic hydroxyl groups is 1. The highest BCUT2D eigenvalue weighted by Gasteiger charge is 2.41. The van der Waals surface area contributed by atoms with Gasteiger partial charge in [-0.3, -0.25) is 0 Å². The van der Waals surface area contributed by atoms with E-state index in [-0.39, 0.29) is 12.7 Å². The summed E-state index contributed by atoms with van der Waals surface area (Å²) in [6.45, 7) is 3.79. The second kappa shape index (κ2) is 4.82. The van der Waals surface area contributed by atoms with E-state index in [0.717, 1.165) is 37.5 Å². The molecule has 1 aliphatic carbocycles. The summed E-state index contributed by atoms with van der Waals surface area (Å²) in [5.74, 6) is 1.14. The zero-order valence-electron chi connectivity index (χ0n) is 10.6. The fourth-order valence-corrected chi connectivity index (χ4v) is 2.98. The van der Waals surface area contributed by atoms with E-state index in [1.807, 2.05) is 19.3 Å². The minimum Gasteiger partial charge on any atom is -0.396 e. The van der Waals surface area contributed by atoms with Crippen LogP contribution < -0.4 is 4.90 Å². The standard InChI is InChI=1S/C13H19N3O2/c1-9-6-14-13(15-7-9)16-2-3-18-12-5-10(8-17)4-11(12)16/h6-7,10-12,17H,2-5,8H2,1H3/t10-,11+,12+/m1/s1. The highest BCUT2D eigenvalue weighted by atomic mass is 16.5. The van der Waals surface area contributed by atoms with Crippen LogP contribution >= 0.6 is 0 Å². The molecule has 0 amide bonds. The van der Waals surface area contributed by atoms with Gasteiger partial charge in [0.25, 0.3) is 0 Å². The maximum Gasteiger partial charge on any atom is 0.225 e. The minimum atomic E-state index is 0.223. The van der Waals surface area contributed by atoms with Crippen molar-refractivity contribution in [2.45, 2.75) is 31.9 Å². The third-order valence-electron chi connectivity index (χ3n) is 3.92. The summed E-state index contributed by atoms with van der Waals surface area (Å²) >= 11 is 0. The Morgan fingerprint density at radius 2 is 2.17 bits per heavy atom. The predicted molar refractivity (Wildman–Crippen MR) is 67.5 cm³/mol. The number of morpholine rings is 1. The highest BCUT2D eigenvalue weighted by molar-refractivity contribution is 5.34. The maximum atomic E-state index is 9.30. The summed E-state index contributed by atoms with van der Waals surface area (Å²) in [5, 5.41) is 9.30. The minimum absolute atomic E-state index is 0.223. The first kappa shape index (κ1) is 11.9. The summed E-state index contributed by atoms with van der Waals surface area (Å²) in [7, 11) is 0. The van der Waals surface area contributed by atoms with E-state index >= 15 is 0 Å². The number of hydrogen-bond acceptors (Lipinski definition) is 5. The Labute approximate surface area is 107 Å². The summed E-state index contributed by atoms with van der Waals surface area (Å²) in [6, 6.07) is 0.318. The summed E-state index contributed by atoms with van der Waals surface area (Å²) in [5.41, 5.74) is 1.07. The number of ether oxygens (including phenoxy) is 1. The van der Waals surface area contributed by atoms with Gasteiger partial charge in [-0.15, -0.1) is 0 Å². The number of rotatable bonds is 2. The maximum absolute atomic E-state index is 9.30. The largest absolute Gasteiger partial charge is 0.396 e. The lowest BCUT2D eigenvalue weighted by atomic mass is 10.1. The Bertz CT molecular complexity index is 409. The van der Waals surface area contributed by atoms with Gasteiger partial charge in [-0.05, 0) is 31.2 Å². The van der Waals surface area contributed by atoms with Crippen LogP contribution in [-0.4, -0.2) is 47.0 Å². The van der Waals surface area contributed by atoms with Gasteiger partial charge in [0, 0.05) is 25.5 Å². The quantitative estimate of drug-likeness (QED) is 0.838. The van der Waals surface area contributed by atoms with Crippen molar-refractivity contribution in [1.29, 1.82) is 0 Å². The molecular formula is C13H19N3O2. The lowest BCUT2D eigenvalue weighted by molar-refractivity contribution is 0.0224. The number of aryl methyl sites for hydroxylation is 1. The molecular weight excluding hydrogens is 230 g/mol. The van der Waals surface area contributed by atoms with Crippen LogP contribution in [-0.2, 0) is 4.74 Å². The van der Waals surface area contributed by atoms with Gasteiger partial charge in [0.05, 0.1) is 18.8 Å². The number of hydrogen-bond donors (Lipinski definition) is 1. The molecule has 0 bridgehead atoms. The average molecular weight is 249 g/mol. The molecule has 2 heterocycles. The summed E-state index contributed by atoms with van der Waals surface area (Å²) in [4.78, 5) is 11.1. The van der Waals surface area contributed by atoms with Crippen molar-refractivity contribution in [3.63, 3.8) is 0 Å². The molecule has 0 unspecified atom stereocenters. The van der Waals surface area contributed by atoms with Crippen LogP contribution in [0.1, 0.15) is 18.4 Å². The molecule has 1 N–H and O–H groups in total. The Morgan fingerprint density at radius 3 is 2.89 bits per heavy atom. The van der Waals surface area contributed by atoms with Gasteiger partial charge < -0.3 is 14.7 Å². The van der Waals surface area contributed by atoms with Crippen LogP contribution in [0.2, 0.25) is 0 Å². The molecule has 0 radical (unpaired) electrons. The third-order valence-corrected chi connectivity index (χ3v) is 3.92. The monoisotopic (exact) mass is 249 g/mol. The first-order chi connectivity index (χ1) is 8.78. The molecule has 1 aromatic rings. The molecule has 5 heteroatoms. The number of nitrogens with zero attached hydrogens (tertiary/aromatic N) is 3. The molecule has 1 saturated heterocycles.